The number of aromatic nitrogens is 3. The summed E-state index contributed by atoms with van der Waals surface area (Å²) in [5.41, 5.74) is 4.73. The summed E-state index contributed by atoms with van der Waals surface area (Å²) in [6.07, 6.45) is 3.66. The Bertz CT molecular complexity index is 2720. The predicted octanol–water partition coefficient (Wildman–Crippen LogP) is 11.2. The number of hydrogen-bond donors (Lipinski definition) is 0. The highest BCUT2D eigenvalue weighted by atomic mass is 14.9. The first kappa shape index (κ1) is 25.2. The van der Waals surface area contributed by atoms with Crippen molar-refractivity contribution in [1.29, 1.82) is 0 Å². The SMILES string of the molecule is c1ccc(-c2nc(-c3cccnc3)cc(-c3cc4ccc5cccc6c7cccc8ccc9cccc(c(c3)c4c56)c9c87)n2)cc1. The maximum absolute atomic E-state index is 5.19. The molecule has 0 radical (unpaired) electrons. The van der Waals surface area contributed by atoms with Crippen LogP contribution in [0.5, 0.6) is 0 Å². The van der Waals surface area contributed by atoms with Crippen LogP contribution in [0.1, 0.15) is 0 Å². The Labute approximate surface area is 264 Å². The Balaban J connectivity index is 1.39. The molecule has 0 amide bonds. The number of nitrogens with zero attached hydrogens (tertiary/aromatic N) is 3. The van der Waals surface area contributed by atoms with Crippen LogP contribution in [0.4, 0.5) is 0 Å². The lowest BCUT2D eigenvalue weighted by Gasteiger charge is -2.17. The molecular weight excluding hydrogens is 558 g/mol. The van der Waals surface area contributed by atoms with Crippen molar-refractivity contribution in [3.8, 4) is 33.9 Å². The van der Waals surface area contributed by atoms with E-state index < -0.39 is 0 Å². The van der Waals surface area contributed by atoms with Gasteiger partial charge >= 0.3 is 0 Å². The Morgan fingerprint density at radius 1 is 0.348 bits per heavy atom. The summed E-state index contributed by atoms with van der Waals surface area (Å²) in [6, 6.07) is 50.2. The van der Waals surface area contributed by atoms with E-state index in [4.69, 9.17) is 9.97 Å². The fraction of sp³-hybridized carbons (Fsp3) is 0. The number of pyridine rings is 1. The Kier molecular flexibility index (Phi) is 5.28. The maximum Gasteiger partial charge on any atom is 0.160 e. The Hall–Kier alpha value is -6.19. The van der Waals surface area contributed by atoms with E-state index in [-0.39, 0.29) is 0 Å². The highest BCUT2D eigenvalue weighted by Crippen LogP contribution is 2.44. The largest absolute Gasteiger partial charge is 0.264 e. The maximum atomic E-state index is 5.19. The minimum atomic E-state index is 0.696. The van der Waals surface area contributed by atoms with Crippen LogP contribution in [0.25, 0.3) is 98.5 Å². The van der Waals surface area contributed by atoms with Gasteiger partial charge in [-0.2, -0.15) is 0 Å². The van der Waals surface area contributed by atoms with E-state index in [0.717, 1.165) is 28.1 Å². The van der Waals surface area contributed by atoms with Gasteiger partial charge in [-0.3, -0.25) is 4.98 Å². The second-order valence-electron chi connectivity index (χ2n) is 12.0. The summed E-state index contributed by atoms with van der Waals surface area (Å²) in [5.74, 6) is 0.696. The van der Waals surface area contributed by atoms with Gasteiger partial charge in [0.05, 0.1) is 11.4 Å². The summed E-state index contributed by atoms with van der Waals surface area (Å²) in [6.45, 7) is 0. The number of hydrogen-bond acceptors (Lipinski definition) is 3. The molecule has 212 valence electrons. The lowest BCUT2D eigenvalue weighted by Crippen LogP contribution is -1.96. The van der Waals surface area contributed by atoms with E-state index in [0.29, 0.717) is 5.82 Å². The van der Waals surface area contributed by atoms with E-state index in [2.05, 4.69) is 120 Å². The first-order chi connectivity index (χ1) is 22.8. The molecule has 8 aromatic carbocycles. The molecule has 10 aromatic rings. The average molecular weight is 584 g/mol. The molecule has 0 fully saturated rings. The van der Waals surface area contributed by atoms with Crippen LogP contribution in [0, 0.1) is 0 Å². The zero-order valence-electron chi connectivity index (χ0n) is 24.8. The lowest BCUT2D eigenvalue weighted by atomic mass is 9.87. The van der Waals surface area contributed by atoms with E-state index in [9.17, 15) is 0 Å². The summed E-state index contributed by atoms with van der Waals surface area (Å²) in [7, 11) is 0. The number of rotatable bonds is 3. The van der Waals surface area contributed by atoms with Gasteiger partial charge in [-0.25, -0.2) is 9.97 Å². The van der Waals surface area contributed by atoms with Crippen LogP contribution in [0.15, 0.2) is 152 Å². The Morgan fingerprint density at radius 3 is 1.50 bits per heavy atom. The minimum absolute atomic E-state index is 0.696. The summed E-state index contributed by atoms with van der Waals surface area (Å²) in [4.78, 5) is 14.6. The van der Waals surface area contributed by atoms with E-state index in [1.165, 1.54) is 64.6 Å². The molecule has 2 heterocycles. The third-order valence-corrected chi connectivity index (χ3v) is 9.44. The number of fused-ring (bicyclic) bond motifs is 2. The van der Waals surface area contributed by atoms with E-state index in [1.807, 2.05) is 30.5 Å². The van der Waals surface area contributed by atoms with Gasteiger partial charge in [0.25, 0.3) is 0 Å². The normalized spacial score (nSPS) is 11.9. The van der Waals surface area contributed by atoms with Crippen LogP contribution >= 0.6 is 0 Å². The zero-order valence-corrected chi connectivity index (χ0v) is 24.8. The highest BCUT2D eigenvalue weighted by molar-refractivity contribution is 6.37. The highest BCUT2D eigenvalue weighted by Gasteiger charge is 2.17. The topological polar surface area (TPSA) is 38.7 Å². The molecule has 3 nitrogen and oxygen atoms in total. The predicted molar refractivity (Wildman–Crippen MR) is 192 cm³/mol. The fourth-order valence-corrected chi connectivity index (χ4v) is 7.41. The monoisotopic (exact) mass is 583 g/mol. The van der Waals surface area contributed by atoms with Gasteiger partial charge in [-0.15, -0.1) is 0 Å². The van der Waals surface area contributed by atoms with Gasteiger partial charge in [-0.1, -0.05) is 109 Å². The van der Waals surface area contributed by atoms with Crippen LogP contribution in [-0.2, 0) is 0 Å². The van der Waals surface area contributed by atoms with Crippen molar-refractivity contribution in [3.05, 3.63) is 152 Å². The molecule has 0 saturated heterocycles. The van der Waals surface area contributed by atoms with Crippen LogP contribution in [0.3, 0.4) is 0 Å². The fourth-order valence-electron chi connectivity index (χ4n) is 7.41. The smallest absolute Gasteiger partial charge is 0.160 e. The van der Waals surface area contributed by atoms with Crippen molar-refractivity contribution in [2.75, 3.05) is 0 Å². The molecule has 10 rings (SSSR count). The van der Waals surface area contributed by atoms with Crippen molar-refractivity contribution < 1.29 is 0 Å². The molecule has 3 heteroatoms. The quantitative estimate of drug-likeness (QED) is 0.194. The standard InChI is InChI=1S/C43H25N3/c1-2-8-29(9-3-1)43-45-37(31-13-7-21-44-25-31)24-38(46-43)32-22-30-20-19-28-11-5-15-34-33-14-4-10-26-17-18-27-12-6-16-35(41(27)39(26)33)36(23-32)42(30)40(28)34/h1-25H. The van der Waals surface area contributed by atoms with Gasteiger partial charge in [0, 0.05) is 29.1 Å². The van der Waals surface area contributed by atoms with Crippen LogP contribution in [0.2, 0.25) is 0 Å². The Morgan fingerprint density at radius 2 is 0.891 bits per heavy atom. The summed E-state index contributed by atoms with van der Waals surface area (Å²) in [5, 5.41) is 15.1. The van der Waals surface area contributed by atoms with Crippen molar-refractivity contribution in [2.24, 2.45) is 0 Å². The van der Waals surface area contributed by atoms with Gasteiger partial charge in [0.1, 0.15) is 0 Å². The molecule has 0 spiro atoms. The molecule has 0 N–H and O–H groups in total. The lowest BCUT2D eigenvalue weighted by molar-refractivity contribution is 1.18. The van der Waals surface area contributed by atoms with Crippen molar-refractivity contribution >= 4 is 64.6 Å². The molecule has 46 heavy (non-hydrogen) atoms. The molecule has 0 saturated carbocycles. The second kappa shape index (κ2) is 9.65. The zero-order chi connectivity index (χ0) is 30.2. The van der Waals surface area contributed by atoms with Gasteiger partial charge in [0.2, 0.25) is 0 Å². The van der Waals surface area contributed by atoms with Crippen LogP contribution < -0.4 is 0 Å². The van der Waals surface area contributed by atoms with Gasteiger partial charge in [-0.05, 0) is 95.0 Å². The van der Waals surface area contributed by atoms with Gasteiger partial charge in [0.15, 0.2) is 5.82 Å². The van der Waals surface area contributed by atoms with Crippen molar-refractivity contribution in [1.82, 2.24) is 15.0 Å². The van der Waals surface area contributed by atoms with Gasteiger partial charge < -0.3 is 0 Å². The third-order valence-electron chi connectivity index (χ3n) is 9.44. The molecule has 2 aromatic heterocycles. The van der Waals surface area contributed by atoms with E-state index >= 15 is 0 Å². The van der Waals surface area contributed by atoms with Crippen LogP contribution in [-0.4, -0.2) is 15.0 Å². The second-order valence-corrected chi connectivity index (χ2v) is 12.0. The first-order valence-corrected chi connectivity index (χ1v) is 15.6. The molecule has 0 aliphatic rings. The molecule has 0 aliphatic carbocycles. The minimum Gasteiger partial charge on any atom is -0.264 e. The summed E-state index contributed by atoms with van der Waals surface area (Å²) >= 11 is 0. The van der Waals surface area contributed by atoms with E-state index in [1.54, 1.807) is 6.20 Å². The number of benzene rings is 7. The van der Waals surface area contributed by atoms with Crippen molar-refractivity contribution in [2.45, 2.75) is 0 Å². The molecule has 0 atom stereocenters. The molecule has 0 aliphatic heterocycles. The summed E-state index contributed by atoms with van der Waals surface area (Å²) < 4.78 is 0. The first-order valence-electron chi connectivity index (χ1n) is 15.6. The molecule has 0 bridgehead atoms. The molecular formula is C43H25N3. The molecule has 0 unspecified atom stereocenters. The average Bonchev–Trinajstić information content (AvgIpc) is 3.13. The van der Waals surface area contributed by atoms with Crippen molar-refractivity contribution in [3.63, 3.8) is 0 Å². The third kappa shape index (κ3) is 3.69.